The molecule has 2 aromatic rings. The molecular formula is C25H32N2. The van der Waals surface area contributed by atoms with Crippen molar-refractivity contribution in [2.45, 2.75) is 40.2 Å². The largest absolute Gasteiger partial charge is 0.391 e. The van der Waals surface area contributed by atoms with Crippen molar-refractivity contribution < 1.29 is 0 Å². The van der Waals surface area contributed by atoms with Gasteiger partial charge in [-0.25, -0.2) is 0 Å². The highest BCUT2D eigenvalue weighted by molar-refractivity contribution is 6.02. The van der Waals surface area contributed by atoms with E-state index in [4.69, 9.17) is 4.99 Å². The van der Waals surface area contributed by atoms with Gasteiger partial charge in [0, 0.05) is 18.2 Å². The van der Waals surface area contributed by atoms with E-state index in [0.29, 0.717) is 5.92 Å². The van der Waals surface area contributed by atoms with Gasteiger partial charge < -0.3 is 5.32 Å². The van der Waals surface area contributed by atoms with E-state index >= 15 is 0 Å². The molecule has 0 radical (unpaired) electrons. The molecule has 2 heteroatoms. The number of benzene rings is 2. The van der Waals surface area contributed by atoms with Crippen LogP contribution in [0.5, 0.6) is 0 Å². The third-order valence-corrected chi connectivity index (χ3v) is 4.88. The first-order valence-corrected chi connectivity index (χ1v) is 9.77. The first-order valence-electron chi connectivity index (χ1n) is 9.77. The number of aliphatic imine (C=N–C) groups is 1. The van der Waals surface area contributed by atoms with Gasteiger partial charge in [-0.1, -0.05) is 73.7 Å². The van der Waals surface area contributed by atoms with Crippen LogP contribution < -0.4 is 5.32 Å². The van der Waals surface area contributed by atoms with Gasteiger partial charge in [-0.05, 0) is 56.2 Å². The molecule has 0 spiro atoms. The fourth-order valence-corrected chi connectivity index (χ4v) is 3.18. The number of allylic oxidation sites excluding steroid dienone is 2. The second-order valence-corrected chi connectivity index (χ2v) is 7.05. The number of hydrogen-bond donors (Lipinski definition) is 1. The molecule has 1 N–H and O–H groups in total. The average molecular weight is 361 g/mol. The maximum atomic E-state index is 5.14. The smallest absolute Gasteiger partial charge is 0.0724 e. The highest BCUT2D eigenvalue weighted by Gasteiger charge is 2.15. The van der Waals surface area contributed by atoms with Crippen LogP contribution in [0.2, 0.25) is 0 Å². The van der Waals surface area contributed by atoms with Crippen LogP contribution in [0.3, 0.4) is 0 Å². The number of nitrogens with one attached hydrogen (secondary N) is 1. The summed E-state index contributed by atoms with van der Waals surface area (Å²) in [6, 6.07) is 19.3. The Bertz CT molecular complexity index is 787. The Kier molecular flexibility index (Phi) is 8.06. The van der Waals surface area contributed by atoms with Crippen LogP contribution in [0.25, 0.3) is 5.57 Å². The average Bonchev–Trinajstić information content (AvgIpc) is 2.69. The number of aryl methyl sites for hydroxylation is 1. The predicted octanol–water partition coefficient (Wildman–Crippen LogP) is 6.36. The molecule has 2 aromatic carbocycles. The number of nitrogens with zero attached hydrogens (tertiary/aromatic N) is 1. The normalized spacial score (nSPS) is 14.5. The Labute approximate surface area is 164 Å². The van der Waals surface area contributed by atoms with Gasteiger partial charge in [0.2, 0.25) is 0 Å². The summed E-state index contributed by atoms with van der Waals surface area (Å²) in [4.78, 5) is 5.14. The van der Waals surface area contributed by atoms with E-state index in [1.54, 1.807) is 6.20 Å². The van der Waals surface area contributed by atoms with E-state index in [-0.39, 0.29) is 6.04 Å². The molecule has 2 nitrogen and oxygen atoms in total. The molecular weight excluding hydrogens is 328 g/mol. The zero-order valence-corrected chi connectivity index (χ0v) is 17.1. The minimum absolute atomic E-state index is 0.123. The molecule has 27 heavy (non-hydrogen) atoms. The Morgan fingerprint density at radius 1 is 1.15 bits per heavy atom. The molecule has 0 heterocycles. The van der Waals surface area contributed by atoms with Crippen molar-refractivity contribution in [2.75, 3.05) is 6.54 Å². The standard InChI is InChI=1S/C25H32N2/c1-6-22(18-26-7-2)25(17-20(4)23-13-9-8-10-14-23)27-21(5)24-15-11-12-19(3)16-24/h7-17,21-22,26H,2,6,18H2,1,3-5H3/b20-17+,27-25?. The summed E-state index contributed by atoms with van der Waals surface area (Å²) in [7, 11) is 0. The molecule has 0 fully saturated rings. The monoisotopic (exact) mass is 360 g/mol. The minimum Gasteiger partial charge on any atom is -0.391 e. The lowest BCUT2D eigenvalue weighted by Gasteiger charge is -2.19. The summed E-state index contributed by atoms with van der Waals surface area (Å²) in [5.41, 5.74) is 6.14. The van der Waals surface area contributed by atoms with Crippen molar-refractivity contribution in [3.8, 4) is 0 Å². The molecule has 2 atom stereocenters. The van der Waals surface area contributed by atoms with Gasteiger partial charge in [0.15, 0.2) is 0 Å². The molecule has 0 aliphatic heterocycles. The predicted molar refractivity (Wildman–Crippen MR) is 119 cm³/mol. The maximum absolute atomic E-state index is 5.14. The van der Waals surface area contributed by atoms with Crippen molar-refractivity contribution in [3.63, 3.8) is 0 Å². The van der Waals surface area contributed by atoms with Gasteiger partial charge in [-0.3, -0.25) is 4.99 Å². The lowest BCUT2D eigenvalue weighted by molar-refractivity contribution is 0.622. The van der Waals surface area contributed by atoms with E-state index in [1.165, 1.54) is 22.3 Å². The summed E-state index contributed by atoms with van der Waals surface area (Å²) in [6.07, 6.45) is 5.04. The molecule has 0 saturated carbocycles. The van der Waals surface area contributed by atoms with Gasteiger partial charge in [-0.15, -0.1) is 0 Å². The molecule has 0 aliphatic rings. The molecule has 2 rings (SSSR count). The molecule has 0 saturated heterocycles. The Morgan fingerprint density at radius 2 is 1.89 bits per heavy atom. The highest BCUT2D eigenvalue weighted by atomic mass is 14.9. The molecule has 2 unspecified atom stereocenters. The molecule has 0 amide bonds. The van der Waals surface area contributed by atoms with E-state index in [1.807, 2.05) is 0 Å². The lowest BCUT2D eigenvalue weighted by Crippen LogP contribution is -2.24. The van der Waals surface area contributed by atoms with Crippen LogP contribution >= 0.6 is 0 Å². The van der Waals surface area contributed by atoms with Crippen LogP contribution in [0.4, 0.5) is 0 Å². The molecule has 0 aliphatic carbocycles. The van der Waals surface area contributed by atoms with Gasteiger partial charge in [0.1, 0.15) is 0 Å². The second kappa shape index (κ2) is 10.5. The summed E-state index contributed by atoms with van der Waals surface area (Å²) in [5.74, 6) is 0.342. The van der Waals surface area contributed by atoms with E-state index < -0.39 is 0 Å². The van der Waals surface area contributed by atoms with Crippen molar-refractivity contribution in [1.29, 1.82) is 0 Å². The zero-order chi connectivity index (χ0) is 19.6. The minimum atomic E-state index is 0.123. The van der Waals surface area contributed by atoms with Gasteiger partial charge in [0.05, 0.1) is 6.04 Å². The van der Waals surface area contributed by atoms with Crippen molar-refractivity contribution in [3.05, 3.63) is 90.1 Å². The third kappa shape index (κ3) is 6.25. The first-order chi connectivity index (χ1) is 13.0. The Hall–Kier alpha value is -2.61. The van der Waals surface area contributed by atoms with Crippen LogP contribution in [-0.4, -0.2) is 12.3 Å². The maximum Gasteiger partial charge on any atom is 0.0724 e. The SMILES string of the molecule is C=CNCC(CC)C(/C=C(\C)c1ccccc1)=NC(C)c1cccc(C)c1. The first kappa shape index (κ1) is 20.7. The molecule has 0 bridgehead atoms. The summed E-state index contributed by atoms with van der Waals surface area (Å²) < 4.78 is 0. The Morgan fingerprint density at radius 3 is 2.52 bits per heavy atom. The third-order valence-electron chi connectivity index (χ3n) is 4.88. The summed E-state index contributed by atoms with van der Waals surface area (Å²) in [6.45, 7) is 13.3. The van der Waals surface area contributed by atoms with Crippen molar-refractivity contribution in [2.24, 2.45) is 10.9 Å². The van der Waals surface area contributed by atoms with E-state index in [9.17, 15) is 0 Å². The quantitative estimate of drug-likeness (QED) is 0.517. The van der Waals surface area contributed by atoms with E-state index in [2.05, 4.69) is 100 Å². The van der Waals surface area contributed by atoms with Crippen LogP contribution in [0.1, 0.15) is 49.9 Å². The van der Waals surface area contributed by atoms with Crippen molar-refractivity contribution >= 4 is 11.3 Å². The highest BCUT2D eigenvalue weighted by Crippen LogP contribution is 2.22. The van der Waals surface area contributed by atoms with E-state index in [0.717, 1.165) is 18.7 Å². The van der Waals surface area contributed by atoms with Crippen LogP contribution in [-0.2, 0) is 0 Å². The van der Waals surface area contributed by atoms with Crippen molar-refractivity contribution in [1.82, 2.24) is 5.32 Å². The topological polar surface area (TPSA) is 24.4 Å². The van der Waals surface area contributed by atoms with Crippen LogP contribution in [0, 0.1) is 12.8 Å². The fraction of sp³-hybridized carbons (Fsp3) is 0.320. The van der Waals surface area contributed by atoms with Gasteiger partial charge >= 0.3 is 0 Å². The number of hydrogen-bond acceptors (Lipinski definition) is 2. The number of rotatable bonds is 9. The van der Waals surface area contributed by atoms with Crippen LogP contribution in [0.15, 0.2) is 78.4 Å². The Balaban J connectivity index is 2.40. The van der Waals surface area contributed by atoms with Gasteiger partial charge in [0.25, 0.3) is 0 Å². The zero-order valence-electron chi connectivity index (χ0n) is 17.1. The lowest BCUT2D eigenvalue weighted by atomic mass is 9.95. The molecule has 142 valence electrons. The molecule has 0 aromatic heterocycles. The summed E-state index contributed by atoms with van der Waals surface area (Å²) in [5, 5.41) is 3.27. The second-order valence-electron chi connectivity index (χ2n) is 7.05. The summed E-state index contributed by atoms with van der Waals surface area (Å²) >= 11 is 0. The van der Waals surface area contributed by atoms with Gasteiger partial charge in [-0.2, -0.15) is 0 Å². The fourth-order valence-electron chi connectivity index (χ4n) is 3.18.